The Bertz CT molecular complexity index is 284. The molecular formula is C11H19NO5. The van der Waals surface area contributed by atoms with Crippen molar-refractivity contribution in [2.24, 2.45) is 0 Å². The van der Waals surface area contributed by atoms with Crippen molar-refractivity contribution in [1.29, 1.82) is 0 Å². The van der Waals surface area contributed by atoms with Gasteiger partial charge in [0.25, 0.3) is 0 Å². The maximum absolute atomic E-state index is 8.57. The second-order valence-electron chi connectivity index (χ2n) is 3.49. The van der Waals surface area contributed by atoms with Crippen molar-refractivity contribution in [3.8, 4) is 0 Å². The molecule has 0 aliphatic heterocycles. The van der Waals surface area contributed by atoms with E-state index in [9.17, 15) is 0 Å². The molecule has 0 amide bonds. The first-order valence-corrected chi connectivity index (χ1v) is 5.49. The van der Waals surface area contributed by atoms with Gasteiger partial charge in [0.15, 0.2) is 0 Å². The minimum atomic E-state index is -0.893. The molecular weight excluding hydrogens is 226 g/mol. The van der Waals surface area contributed by atoms with Gasteiger partial charge in [-0.15, -0.1) is 0 Å². The fourth-order valence-electron chi connectivity index (χ4n) is 1.61. The fraction of sp³-hybridized carbons (Fsp3) is 0.727. The maximum Gasteiger partial charge on any atom is 0.215 e. The molecule has 0 atom stereocenters. The minimum absolute atomic E-state index is 0.0307. The van der Waals surface area contributed by atoms with Gasteiger partial charge in [0.2, 0.25) is 5.79 Å². The largest absolute Gasteiger partial charge is 0.394 e. The molecule has 1 heterocycles. The van der Waals surface area contributed by atoms with Crippen molar-refractivity contribution >= 4 is 0 Å². The molecule has 1 rings (SSSR count). The second-order valence-corrected chi connectivity index (χ2v) is 3.49. The SMILES string of the molecule is COC(CCCOCCO)(OC)c1ccon1. The summed E-state index contributed by atoms with van der Waals surface area (Å²) in [6.45, 7) is 0.910. The van der Waals surface area contributed by atoms with Gasteiger partial charge in [0.05, 0.1) is 13.2 Å². The lowest BCUT2D eigenvalue weighted by atomic mass is 10.1. The highest BCUT2D eigenvalue weighted by molar-refractivity contribution is 5.05. The van der Waals surface area contributed by atoms with Crippen molar-refractivity contribution in [2.75, 3.05) is 34.0 Å². The fourth-order valence-corrected chi connectivity index (χ4v) is 1.61. The zero-order valence-corrected chi connectivity index (χ0v) is 10.2. The molecule has 0 fully saturated rings. The molecule has 0 aliphatic carbocycles. The molecule has 1 aromatic heterocycles. The molecule has 6 nitrogen and oxygen atoms in total. The molecule has 0 unspecified atom stereocenters. The zero-order chi connectivity index (χ0) is 12.6. The first kappa shape index (κ1) is 14.1. The van der Waals surface area contributed by atoms with Crippen molar-refractivity contribution in [2.45, 2.75) is 18.6 Å². The van der Waals surface area contributed by atoms with Gasteiger partial charge in [-0.2, -0.15) is 0 Å². The molecule has 6 heteroatoms. The Labute approximate surface area is 100 Å². The number of ether oxygens (including phenoxy) is 3. The van der Waals surface area contributed by atoms with Gasteiger partial charge in [-0.1, -0.05) is 5.16 Å². The van der Waals surface area contributed by atoms with E-state index in [4.69, 9.17) is 23.8 Å². The second kappa shape index (κ2) is 7.39. The van der Waals surface area contributed by atoms with Crippen LogP contribution in [-0.2, 0) is 20.0 Å². The first-order chi connectivity index (χ1) is 8.29. The van der Waals surface area contributed by atoms with Crippen LogP contribution in [0.5, 0.6) is 0 Å². The van der Waals surface area contributed by atoms with Crippen LogP contribution < -0.4 is 0 Å². The molecule has 0 saturated carbocycles. The molecule has 0 aromatic carbocycles. The number of hydrogen-bond donors (Lipinski definition) is 1. The van der Waals surface area contributed by atoms with Crippen molar-refractivity contribution in [1.82, 2.24) is 5.16 Å². The van der Waals surface area contributed by atoms with Crippen LogP contribution in [0.4, 0.5) is 0 Å². The topological polar surface area (TPSA) is 74.0 Å². The van der Waals surface area contributed by atoms with E-state index in [1.54, 1.807) is 20.3 Å². The summed E-state index contributed by atoms with van der Waals surface area (Å²) in [5.41, 5.74) is 0.602. The van der Waals surface area contributed by atoms with Gasteiger partial charge >= 0.3 is 0 Å². The maximum atomic E-state index is 8.57. The lowest BCUT2D eigenvalue weighted by Crippen LogP contribution is -2.31. The van der Waals surface area contributed by atoms with E-state index in [1.807, 2.05) is 0 Å². The van der Waals surface area contributed by atoms with E-state index in [0.717, 1.165) is 6.42 Å². The van der Waals surface area contributed by atoms with E-state index >= 15 is 0 Å². The highest BCUT2D eigenvalue weighted by Gasteiger charge is 2.34. The van der Waals surface area contributed by atoms with Gasteiger partial charge in [-0.05, 0) is 6.42 Å². The summed E-state index contributed by atoms with van der Waals surface area (Å²) in [4.78, 5) is 0. The van der Waals surface area contributed by atoms with Crippen LogP contribution in [-0.4, -0.2) is 44.3 Å². The zero-order valence-electron chi connectivity index (χ0n) is 10.2. The standard InChI is InChI=1S/C11H19NO5/c1-14-11(15-2,10-4-8-17-12-10)5-3-7-16-9-6-13/h4,8,13H,3,5-7,9H2,1-2H3. The summed E-state index contributed by atoms with van der Waals surface area (Å²) in [5, 5.41) is 12.4. The Balaban J connectivity index is 2.48. The summed E-state index contributed by atoms with van der Waals surface area (Å²) in [5.74, 6) is -0.893. The lowest BCUT2D eigenvalue weighted by Gasteiger charge is -2.28. The Morgan fingerprint density at radius 1 is 1.35 bits per heavy atom. The molecule has 0 aliphatic rings. The molecule has 0 bridgehead atoms. The van der Waals surface area contributed by atoms with Crippen LogP contribution >= 0.6 is 0 Å². The van der Waals surface area contributed by atoms with E-state index in [-0.39, 0.29) is 6.61 Å². The Morgan fingerprint density at radius 2 is 2.12 bits per heavy atom. The third kappa shape index (κ3) is 3.78. The van der Waals surface area contributed by atoms with E-state index in [1.165, 1.54) is 6.26 Å². The quantitative estimate of drug-likeness (QED) is 0.515. The van der Waals surface area contributed by atoms with E-state index < -0.39 is 5.79 Å². The van der Waals surface area contributed by atoms with E-state index in [0.29, 0.717) is 25.3 Å². The average molecular weight is 245 g/mol. The number of aromatic nitrogens is 1. The van der Waals surface area contributed by atoms with Crippen molar-refractivity contribution in [3.63, 3.8) is 0 Å². The van der Waals surface area contributed by atoms with Crippen LogP contribution in [0.15, 0.2) is 16.9 Å². The van der Waals surface area contributed by atoms with Crippen LogP contribution in [0, 0.1) is 0 Å². The predicted molar refractivity (Wildman–Crippen MR) is 59.3 cm³/mol. The van der Waals surface area contributed by atoms with Crippen LogP contribution in [0.1, 0.15) is 18.5 Å². The molecule has 0 saturated heterocycles. The molecule has 0 radical (unpaired) electrons. The van der Waals surface area contributed by atoms with Crippen LogP contribution in [0.2, 0.25) is 0 Å². The normalized spacial score (nSPS) is 11.9. The number of rotatable bonds is 9. The Morgan fingerprint density at radius 3 is 2.65 bits per heavy atom. The van der Waals surface area contributed by atoms with E-state index in [2.05, 4.69) is 5.16 Å². The molecule has 1 N–H and O–H groups in total. The van der Waals surface area contributed by atoms with Crippen LogP contribution in [0.25, 0.3) is 0 Å². The number of aliphatic hydroxyl groups excluding tert-OH is 1. The molecule has 0 spiro atoms. The number of methoxy groups -OCH3 is 2. The van der Waals surface area contributed by atoms with Gasteiger partial charge in [0, 0.05) is 33.3 Å². The lowest BCUT2D eigenvalue weighted by molar-refractivity contribution is -0.225. The third-order valence-electron chi connectivity index (χ3n) is 2.52. The summed E-state index contributed by atoms with van der Waals surface area (Å²) in [6, 6.07) is 1.71. The van der Waals surface area contributed by atoms with Crippen LogP contribution in [0.3, 0.4) is 0 Å². The summed E-state index contributed by atoms with van der Waals surface area (Å²) in [6.07, 6.45) is 2.80. The Hall–Kier alpha value is -0.950. The van der Waals surface area contributed by atoms with Crippen molar-refractivity contribution < 1.29 is 23.8 Å². The third-order valence-corrected chi connectivity index (χ3v) is 2.52. The number of aliphatic hydroxyl groups is 1. The molecule has 17 heavy (non-hydrogen) atoms. The summed E-state index contributed by atoms with van der Waals surface area (Å²) >= 11 is 0. The minimum Gasteiger partial charge on any atom is -0.394 e. The van der Waals surface area contributed by atoms with Gasteiger partial charge in [-0.3, -0.25) is 0 Å². The van der Waals surface area contributed by atoms with Gasteiger partial charge in [-0.25, -0.2) is 0 Å². The number of hydrogen-bond acceptors (Lipinski definition) is 6. The van der Waals surface area contributed by atoms with Gasteiger partial charge < -0.3 is 23.8 Å². The Kier molecular flexibility index (Phi) is 6.13. The number of nitrogens with zero attached hydrogens (tertiary/aromatic N) is 1. The highest BCUT2D eigenvalue weighted by Crippen LogP contribution is 2.29. The molecule has 1 aromatic rings. The van der Waals surface area contributed by atoms with Crippen molar-refractivity contribution in [3.05, 3.63) is 18.0 Å². The smallest absolute Gasteiger partial charge is 0.215 e. The average Bonchev–Trinajstić information content (AvgIpc) is 2.89. The summed E-state index contributed by atoms with van der Waals surface area (Å²) in [7, 11) is 3.12. The highest BCUT2D eigenvalue weighted by atomic mass is 16.7. The first-order valence-electron chi connectivity index (χ1n) is 5.49. The summed E-state index contributed by atoms with van der Waals surface area (Å²) < 4.78 is 20.8. The monoisotopic (exact) mass is 245 g/mol. The van der Waals surface area contributed by atoms with Gasteiger partial charge in [0.1, 0.15) is 12.0 Å². The predicted octanol–water partition coefficient (Wildman–Crippen LogP) is 0.909. The molecule has 98 valence electrons.